The van der Waals surface area contributed by atoms with Crippen LogP contribution < -0.4 is 0 Å². The molecule has 4 aromatic rings. The monoisotopic (exact) mass is 525 g/mol. The van der Waals surface area contributed by atoms with Gasteiger partial charge in [-0.05, 0) is 73.9 Å². The number of carbonyl (C=O) groups excluding carboxylic acids is 2. The summed E-state index contributed by atoms with van der Waals surface area (Å²) in [4.78, 5) is 36.8. The zero-order chi connectivity index (χ0) is 26.3. The highest BCUT2D eigenvalue weighted by Gasteiger charge is 2.25. The number of hydrogen-bond donors (Lipinski definition) is 1. The molecule has 1 amide bonds. The zero-order valence-electron chi connectivity index (χ0n) is 21.3. The van der Waals surface area contributed by atoms with Crippen molar-refractivity contribution in [3.63, 3.8) is 0 Å². The fourth-order valence-electron chi connectivity index (χ4n) is 5.15. The molecule has 38 heavy (non-hydrogen) atoms. The van der Waals surface area contributed by atoms with E-state index in [0.717, 1.165) is 72.4 Å². The van der Waals surface area contributed by atoms with Gasteiger partial charge in [0.25, 0.3) is 5.91 Å². The summed E-state index contributed by atoms with van der Waals surface area (Å²) in [6.45, 7) is 1.48. The van der Waals surface area contributed by atoms with E-state index in [1.807, 2.05) is 53.4 Å². The zero-order valence-corrected chi connectivity index (χ0v) is 22.1. The minimum absolute atomic E-state index is 0.0360. The van der Waals surface area contributed by atoms with Crippen LogP contribution in [-0.4, -0.2) is 44.7 Å². The molecule has 0 saturated carbocycles. The van der Waals surface area contributed by atoms with Crippen molar-refractivity contribution in [3.8, 4) is 11.3 Å². The van der Waals surface area contributed by atoms with E-state index in [2.05, 4.69) is 24.3 Å². The van der Waals surface area contributed by atoms with E-state index >= 15 is 0 Å². The molecule has 7 heteroatoms. The lowest BCUT2D eigenvalue weighted by Crippen LogP contribution is -2.37. The number of carbonyl (C=O) groups is 2. The van der Waals surface area contributed by atoms with Gasteiger partial charge in [0.2, 0.25) is 0 Å². The molecular formula is C31H31N3O3S. The summed E-state index contributed by atoms with van der Waals surface area (Å²) < 4.78 is 9.32. The maximum Gasteiger partial charge on any atom is 0.253 e. The molecule has 1 aromatic heterocycles. The first-order valence-corrected chi connectivity index (χ1v) is 13.9. The summed E-state index contributed by atoms with van der Waals surface area (Å²) in [6, 6.07) is 23.7. The van der Waals surface area contributed by atoms with E-state index in [1.54, 1.807) is 0 Å². The molecule has 6 nitrogen and oxygen atoms in total. The number of piperidine rings is 1. The van der Waals surface area contributed by atoms with Gasteiger partial charge in [-0.3, -0.25) is 4.79 Å². The molecule has 5 rings (SSSR count). The molecule has 2 heterocycles. The second-order valence-corrected chi connectivity index (χ2v) is 10.4. The first kappa shape index (κ1) is 26.1. The number of nitrogens with zero attached hydrogens (tertiary/aromatic N) is 3. The number of amides is 1. The summed E-state index contributed by atoms with van der Waals surface area (Å²) in [5.74, 6) is 0.530. The third kappa shape index (κ3) is 5.95. The lowest BCUT2D eigenvalue weighted by molar-refractivity contribution is -0.107. The number of hydrogen-bond acceptors (Lipinski definition) is 6. The van der Waals surface area contributed by atoms with Crippen LogP contribution >= 0.6 is 12.0 Å². The molecule has 0 bridgehead atoms. The van der Waals surface area contributed by atoms with E-state index in [9.17, 15) is 14.1 Å². The highest BCUT2D eigenvalue weighted by atomic mass is 32.2. The Balaban J connectivity index is 1.38. The van der Waals surface area contributed by atoms with Crippen molar-refractivity contribution in [1.29, 1.82) is 0 Å². The predicted molar refractivity (Wildman–Crippen MR) is 151 cm³/mol. The average Bonchev–Trinajstić information content (AvgIpc) is 2.99. The Labute approximate surface area is 227 Å². The molecule has 194 valence electrons. The smallest absolute Gasteiger partial charge is 0.253 e. The Morgan fingerprint density at radius 3 is 2.42 bits per heavy atom. The largest absolute Gasteiger partial charge is 0.339 e. The number of aldehydes is 1. The van der Waals surface area contributed by atoms with Gasteiger partial charge in [-0.1, -0.05) is 42.5 Å². The van der Waals surface area contributed by atoms with Gasteiger partial charge in [-0.25, -0.2) is 9.97 Å². The first-order valence-electron chi connectivity index (χ1n) is 13.2. The van der Waals surface area contributed by atoms with Gasteiger partial charge in [0.15, 0.2) is 0 Å². The van der Waals surface area contributed by atoms with Crippen molar-refractivity contribution in [2.45, 2.75) is 49.3 Å². The summed E-state index contributed by atoms with van der Waals surface area (Å²) >= 11 is 0.709. The van der Waals surface area contributed by atoms with Crippen LogP contribution in [0.1, 0.15) is 59.6 Å². The fourth-order valence-corrected chi connectivity index (χ4v) is 5.40. The van der Waals surface area contributed by atoms with Crippen LogP contribution in [0.5, 0.6) is 0 Å². The lowest BCUT2D eigenvalue weighted by atomic mass is 9.89. The third-order valence-corrected chi connectivity index (χ3v) is 7.74. The summed E-state index contributed by atoms with van der Waals surface area (Å²) in [6.07, 6.45) is 5.70. The van der Waals surface area contributed by atoms with Crippen LogP contribution in [0.15, 0.2) is 77.7 Å². The standard InChI is InChI=1S/C31H31N3O3S/c35-20-6-2-5-9-28-30(24-10-13-26(38-37)14-11-24)33-27-15-12-25(21-29(27)32-28)31(36)34-18-16-23(17-19-34)22-7-3-1-4-8-22/h1,3-4,7-8,10-15,20-21,23,37H,2,5-6,9,16-19H2. The minimum atomic E-state index is 0.0360. The predicted octanol–water partition coefficient (Wildman–Crippen LogP) is 6.79. The summed E-state index contributed by atoms with van der Waals surface area (Å²) in [5.41, 5.74) is 5.98. The number of rotatable bonds is 9. The Morgan fingerprint density at radius 1 is 0.947 bits per heavy atom. The third-order valence-electron chi connectivity index (χ3n) is 7.26. The van der Waals surface area contributed by atoms with Crippen LogP contribution in [0.25, 0.3) is 22.3 Å². The van der Waals surface area contributed by atoms with Crippen LogP contribution in [0.3, 0.4) is 0 Å². The number of aromatic nitrogens is 2. The molecule has 1 aliphatic rings. The van der Waals surface area contributed by atoms with E-state index in [4.69, 9.17) is 9.97 Å². The average molecular weight is 526 g/mol. The molecule has 0 aliphatic carbocycles. The topological polar surface area (TPSA) is 83.4 Å². The van der Waals surface area contributed by atoms with Crippen molar-refractivity contribution in [3.05, 3.63) is 89.6 Å². The first-order chi connectivity index (χ1) is 18.7. The highest BCUT2D eigenvalue weighted by Crippen LogP contribution is 2.30. The van der Waals surface area contributed by atoms with Crippen molar-refractivity contribution >= 4 is 35.3 Å². The number of likely N-dealkylation sites (tertiary alicyclic amines) is 1. The van der Waals surface area contributed by atoms with Gasteiger partial charge in [0.05, 0.1) is 22.4 Å². The van der Waals surface area contributed by atoms with Crippen LogP contribution in [0.2, 0.25) is 0 Å². The molecule has 0 spiro atoms. The quantitative estimate of drug-likeness (QED) is 0.147. The molecule has 0 unspecified atom stereocenters. The van der Waals surface area contributed by atoms with E-state index in [0.29, 0.717) is 41.9 Å². The molecular weight excluding hydrogens is 494 g/mol. The van der Waals surface area contributed by atoms with Gasteiger partial charge in [0, 0.05) is 47.6 Å². The number of aryl methyl sites for hydroxylation is 1. The van der Waals surface area contributed by atoms with Crippen LogP contribution in [0.4, 0.5) is 0 Å². The Kier molecular flexibility index (Phi) is 8.46. The molecule has 1 aliphatic heterocycles. The van der Waals surface area contributed by atoms with Crippen molar-refractivity contribution < 1.29 is 14.1 Å². The van der Waals surface area contributed by atoms with Crippen molar-refractivity contribution in [2.75, 3.05) is 13.1 Å². The highest BCUT2D eigenvalue weighted by molar-refractivity contribution is 7.93. The molecule has 3 aromatic carbocycles. The molecule has 0 atom stereocenters. The minimum Gasteiger partial charge on any atom is -0.339 e. The normalized spacial score (nSPS) is 14.1. The molecule has 1 saturated heterocycles. The second kappa shape index (κ2) is 12.3. The lowest BCUT2D eigenvalue weighted by Gasteiger charge is -2.32. The van der Waals surface area contributed by atoms with E-state index in [-0.39, 0.29) is 5.91 Å². The van der Waals surface area contributed by atoms with Crippen LogP contribution in [-0.2, 0) is 11.2 Å². The molecule has 0 radical (unpaired) electrons. The number of fused-ring (bicyclic) bond motifs is 1. The summed E-state index contributed by atoms with van der Waals surface area (Å²) in [5, 5.41) is 0. The van der Waals surface area contributed by atoms with Crippen molar-refractivity contribution in [2.24, 2.45) is 0 Å². The number of unbranched alkanes of at least 4 members (excludes halogenated alkanes) is 2. The summed E-state index contributed by atoms with van der Waals surface area (Å²) in [7, 11) is 0. The Hall–Kier alpha value is -3.55. The van der Waals surface area contributed by atoms with E-state index in [1.165, 1.54) is 5.56 Å². The number of benzene rings is 3. The van der Waals surface area contributed by atoms with Gasteiger partial charge < -0.3 is 14.2 Å². The van der Waals surface area contributed by atoms with Gasteiger partial charge >= 0.3 is 0 Å². The van der Waals surface area contributed by atoms with Gasteiger partial charge in [-0.15, -0.1) is 0 Å². The Morgan fingerprint density at radius 2 is 1.71 bits per heavy atom. The Bertz CT molecular complexity index is 1400. The van der Waals surface area contributed by atoms with E-state index < -0.39 is 0 Å². The van der Waals surface area contributed by atoms with Gasteiger partial charge in [0.1, 0.15) is 6.29 Å². The molecule has 1 fully saturated rings. The second-order valence-electron chi connectivity index (χ2n) is 9.73. The van der Waals surface area contributed by atoms with Gasteiger partial charge in [-0.2, -0.15) is 0 Å². The van der Waals surface area contributed by atoms with Crippen LogP contribution in [0, 0.1) is 0 Å². The molecule has 1 N–H and O–H groups in total. The van der Waals surface area contributed by atoms with Crippen molar-refractivity contribution in [1.82, 2.24) is 14.9 Å². The maximum atomic E-state index is 13.4. The maximum absolute atomic E-state index is 13.4. The fraction of sp³-hybridized carbons (Fsp3) is 0.290. The SMILES string of the molecule is O=CCCCCc1nc2cc(C(=O)N3CCC(c4ccccc4)CC3)ccc2nc1-c1ccc(SO)cc1.